The summed E-state index contributed by atoms with van der Waals surface area (Å²) in [6.07, 6.45) is -0.199. The highest BCUT2D eigenvalue weighted by molar-refractivity contribution is 6.04. The average molecular weight is 255 g/mol. The van der Waals surface area contributed by atoms with E-state index in [4.69, 9.17) is 5.73 Å². The minimum absolute atomic E-state index is 0.0339. The van der Waals surface area contributed by atoms with Crippen LogP contribution >= 0.6 is 0 Å². The first-order valence-electron chi connectivity index (χ1n) is 5.37. The summed E-state index contributed by atoms with van der Waals surface area (Å²) in [5, 5.41) is 0. The Morgan fingerprint density at radius 1 is 1.28 bits per heavy atom. The highest BCUT2D eigenvalue weighted by Gasteiger charge is 2.46. The SMILES string of the molecule is CCOC(=O)C(N)(Cc1ccccc1)C(=O)OF. The van der Waals surface area contributed by atoms with Crippen molar-refractivity contribution in [3.05, 3.63) is 35.9 Å². The van der Waals surface area contributed by atoms with Crippen molar-refractivity contribution in [2.75, 3.05) is 6.61 Å². The molecule has 5 nitrogen and oxygen atoms in total. The zero-order chi connectivity index (χ0) is 13.6. The Hall–Kier alpha value is -1.95. The van der Waals surface area contributed by atoms with Crippen LogP contribution in [0.2, 0.25) is 0 Å². The molecule has 1 atom stereocenters. The second kappa shape index (κ2) is 6.11. The number of halogens is 1. The summed E-state index contributed by atoms with van der Waals surface area (Å²) in [4.78, 5) is 26.1. The molecule has 1 rings (SSSR count). The lowest BCUT2D eigenvalue weighted by Gasteiger charge is -2.22. The largest absolute Gasteiger partial charge is 0.464 e. The first kappa shape index (κ1) is 14.1. The minimum Gasteiger partial charge on any atom is -0.464 e. The number of nitrogens with two attached hydrogens (primary N) is 1. The fourth-order valence-electron chi connectivity index (χ4n) is 1.47. The molecule has 0 aliphatic carbocycles. The molecule has 1 aromatic rings. The molecule has 1 unspecified atom stereocenters. The molecule has 0 saturated carbocycles. The van der Waals surface area contributed by atoms with E-state index in [-0.39, 0.29) is 13.0 Å². The third-order valence-corrected chi connectivity index (χ3v) is 2.40. The Bertz CT molecular complexity index is 423. The molecule has 0 spiro atoms. The van der Waals surface area contributed by atoms with E-state index in [1.54, 1.807) is 37.3 Å². The number of esters is 1. The van der Waals surface area contributed by atoms with Gasteiger partial charge in [-0.2, -0.15) is 0 Å². The summed E-state index contributed by atoms with van der Waals surface area (Å²) in [7, 11) is 0. The Morgan fingerprint density at radius 3 is 2.39 bits per heavy atom. The van der Waals surface area contributed by atoms with Crippen LogP contribution in [0.1, 0.15) is 12.5 Å². The van der Waals surface area contributed by atoms with Crippen molar-refractivity contribution in [1.29, 1.82) is 0 Å². The monoisotopic (exact) mass is 255 g/mol. The number of benzene rings is 1. The zero-order valence-electron chi connectivity index (χ0n) is 9.89. The van der Waals surface area contributed by atoms with Gasteiger partial charge in [-0.25, -0.2) is 9.59 Å². The van der Waals surface area contributed by atoms with E-state index in [2.05, 4.69) is 9.68 Å². The smallest absolute Gasteiger partial charge is 0.380 e. The normalized spacial score (nSPS) is 13.5. The maximum absolute atomic E-state index is 12.0. The number of ether oxygens (including phenoxy) is 1. The summed E-state index contributed by atoms with van der Waals surface area (Å²) in [5.41, 5.74) is 4.05. The van der Waals surface area contributed by atoms with E-state index < -0.39 is 17.5 Å². The van der Waals surface area contributed by atoms with Crippen molar-refractivity contribution in [3.63, 3.8) is 0 Å². The average Bonchev–Trinajstić information content (AvgIpc) is 2.39. The van der Waals surface area contributed by atoms with E-state index in [9.17, 15) is 14.1 Å². The van der Waals surface area contributed by atoms with Gasteiger partial charge in [-0.05, 0) is 12.5 Å². The van der Waals surface area contributed by atoms with Crippen molar-refractivity contribution in [2.45, 2.75) is 18.9 Å². The molecule has 1 aromatic carbocycles. The van der Waals surface area contributed by atoms with Gasteiger partial charge in [0.05, 0.1) is 6.61 Å². The van der Waals surface area contributed by atoms with Crippen LogP contribution in [-0.4, -0.2) is 24.1 Å². The number of carbonyl (C=O) groups is 2. The quantitative estimate of drug-likeness (QED) is 0.625. The van der Waals surface area contributed by atoms with Crippen molar-refractivity contribution in [1.82, 2.24) is 0 Å². The second-order valence-electron chi connectivity index (χ2n) is 3.72. The highest BCUT2D eigenvalue weighted by Crippen LogP contribution is 2.15. The van der Waals surface area contributed by atoms with Gasteiger partial charge in [0, 0.05) is 10.9 Å². The van der Waals surface area contributed by atoms with Crippen molar-refractivity contribution in [3.8, 4) is 0 Å². The van der Waals surface area contributed by atoms with Crippen LogP contribution in [0.15, 0.2) is 30.3 Å². The number of rotatable bonds is 5. The predicted molar refractivity (Wildman–Crippen MR) is 60.9 cm³/mol. The third-order valence-electron chi connectivity index (χ3n) is 2.40. The van der Waals surface area contributed by atoms with Crippen LogP contribution in [0.4, 0.5) is 4.53 Å². The lowest BCUT2D eigenvalue weighted by molar-refractivity contribution is -0.194. The molecule has 0 aliphatic rings. The molecule has 0 radical (unpaired) electrons. The molecular formula is C12H14FNO4. The first-order valence-corrected chi connectivity index (χ1v) is 5.37. The maximum Gasteiger partial charge on any atom is 0.380 e. The molecule has 2 N–H and O–H groups in total. The Kier molecular flexibility index (Phi) is 4.79. The van der Waals surface area contributed by atoms with Gasteiger partial charge in [-0.3, -0.25) is 4.94 Å². The Labute approximate surface area is 104 Å². The van der Waals surface area contributed by atoms with Gasteiger partial charge in [0.2, 0.25) is 5.54 Å². The van der Waals surface area contributed by atoms with Crippen LogP contribution in [0.5, 0.6) is 0 Å². The standard InChI is InChI=1S/C12H14FNO4/c1-2-17-10(15)12(14,11(16)18-13)8-9-6-4-3-5-7-9/h3-7H,2,8,14H2,1H3. The Morgan fingerprint density at radius 2 is 1.89 bits per heavy atom. The van der Waals surface area contributed by atoms with Crippen LogP contribution in [-0.2, 0) is 25.7 Å². The number of hydrogen-bond acceptors (Lipinski definition) is 5. The molecular weight excluding hydrogens is 241 g/mol. The van der Waals surface area contributed by atoms with E-state index in [1.165, 1.54) is 0 Å². The molecule has 0 saturated heterocycles. The zero-order valence-corrected chi connectivity index (χ0v) is 9.89. The molecule has 0 bridgehead atoms. The summed E-state index contributed by atoms with van der Waals surface area (Å²) in [6.45, 7) is 1.59. The summed E-state index contributed by atoms with van der Waals surface area (Å²) in [6, 6.07) is 8.50. The molecule has 0 aliphatic heterocycles. The minimum atomic E-state index is -2.17. The van der Waals surface area contributed by atoms with Crippen LogP contribution < -0.4 is 5.73 Å². The first-order chi connectivity index (χ1) is 8.54. The van der Waals surface area contributed by atoms with Gasteiger partial charge in [0.25, 0.3) is 0 Å². The lowest BCUT2D eigenvalue weighted by atomic mass is 9.92. The molecule has 0 aromatic heterocycles. The maximum atomic E-state index is 12.0. The van der Waals surface area contributed by atoms with Gasteiger partial charge >= 0.3 is 11.9 Å². The van der Waals surface area contributed by atoms with Gasteiger partial charge in [-0.1, -0.05) is 30.3 Å². The molecule has 0 heterocycles. The van der Waals surface area contributed by atoms with E-state index >= 15 is 0 Å². The molecule has 0 fully saturated rings. The molecule has 6 heteroatoms. The van der Waals surface area contributed by atoms with Gasteiger partial charge in [0.15, 0.2) is 0 Å². The molecule has 98 valence electrons. The third kappa shape index (κ3) is 3.04. The van der Waals surface area contributed by atoms with Crippen molar-refractivity contribution < 1.29 is 23.8 Å². The van der Waals surface area contributed by atoms with E-state index in [0.717, 1.165) is 0 Å². The van der Waals surface area contributed by atoms with Gasteiger partial charge < -0.3 is 10.5 Å². The van der Waals surface area contributed by atoms with Crippen molar-refractivity contribution in [2.24, 2.45) is 5.73 Å². The summed E-state index contributed by atoms with van der Waals surface area (Å²) < 4.78 is 16.7. The summed E-state index contributed by atoms with van der Waals surface area (Å²) >= 11 is 0. The fourth-order valence-corrected chi connectivity index (χ4v) is 1.47. The second-order valence-corrected chi connectivity index (χ2v) is 3.72. The number of hydrogen-bond donors (Lipinski definition) is 1. The van der Waals surface area contributed by atoms with Gasteiger partial charge in [0.1, 0.15) is 0 Å². The summed E-state index contributed by atoms with van der Waals surface area (Å²) in [5.74, 6) is -2.48. The molecule has 0 amide bonds. The van der Waals surface area contributed by atoms with Crippen LogP contribution in [0, 0.1) is 0 Å². The molecule has 18 heavy (non-hydrogen) atoms. The van der Waals surface area contributed by atoms with Gasteiger partial charge in [-0.15, -0.1) is 0 Å². The Balaban J connectivity index is 2.98. The number of carbonyl (C=O) groups excluding carboxylic acids is 2. The topological polar surface area (TPSA) is 78.6 Å². The fraction of sp³-hybridized carbons (Fsp3) is 0.333. The van der Waals surface area contributed by atoms with Crippen molar-refractivity contribution >= 4 is 11.9 Å². The van der Waals surface area contributed by atoms with E-state index in [0.29, 0.717) is 5.56 Å². The van der Waals surface area contributed by atoms with Crippen LogP contribution in [0.3, 0.4) is 0 Å². The predicted octanol–water partition coefficient (Wildman–Crippen LogP) is 0.917. The highest BCUT2D eigenvalue weighted by atomic mass is 19.3. The van der Waals surface area contributed by atoms with Crippen LogP contribution in [0.25, 0.3) is 0 Å². The van der Waals surface area contributed by atoms with E-state index in [1.807, 2.05) is 0 Å². The lowest BCUT2D eigenvalue weighted by Crippen LogP contribution is -2.57.